The first-order valence-electron chi connectivity index (χ1n) is 5.84. The lowest BCUT2D eigenvalue weighted by Gasteiger charge is -1.93. The molecule has 0 spiro atoms. The van der Waals surface area contributed by atoms with E-state index in [0.29, 0.717) is 5.82 Å². The van der Waals surface area contributed by atoms with E-state index in [1.807, 2.05) is 48.6 Å². The number of pyridine rings is 1. The number of nitrogens with zero attached hydrogens (tertiary/aromatic N) is 4. The van der Waals surface area contributed by atoms with Crippen molar-refractivity contribution in [2.75, 3.05) is 0 Å². The molecule has 3 aromatic rings. The van der Waals surface area contributed by atoms with Crippen molar-refractivity contribution in [3.05, 3.63) is 60.2 Å². The first-order chi connectivity index (χ1) is 9.38. The molecule has 4 heteroatoms. The highest BCUT2D eigenvalue weighted by Gasteiger charge is 2.06. The molecule has 2 aromatic heterocycles. The lowest BCUT2D eigenvalue weighted by molar-refractivity contribution is 1.09. The minimum atomic E-state index is 0.625. The number of fused-ring (bicyclic) bond motifs is 1. The van der Waals surface area contributed by atoms with Crippen molar-refractivity contribution in [3.8, 4) is 6.19 Å². The zero-order valence-electron chi connectivity index (χ0n) is 10.1. The fourth-order valence-electron chi connectivity index (χ4n) is 1.91. The molecule has 2 heterocycles. The summed E-state index contributed by atoms with van der Waals surface area (Å²) < 4.78 is 1.52. The van der Waals surface area contributed by atoms with Crippen LogP contribution < -0.4 is 0 Å². The maximum Gasteiger partial charge on any atom is 0.190 e. The van der Waals surface area contributed by atoms with E-state index in [-0.39, 0.29) is 0 Å². The van der Waals surface area contributed by atoms with Crippen LogP contribution in [0.5, 0.6) is 0 Å². The van der Waals surface area contributed by atoms with E-state index in [1.54, 1.807) is 12.4 Å². The number of para-hydroxylation sites is 2. The van der Waals surface area contributed by atoms with Crippen LogP contribution in [0.25, 0.3) is 23.2 Å². The topological polar surface area (TPSA) is 54.5 Å². The number of aromatic nitrogens is 3. The van der Waals surface area contributed by atoms with Gasteiger partial charge in [0, 0.05) is 12.4 Å². The smallest absolute Gasteiger partial charge is 0.190 e. The van der Waals surface area contributed by atoms with Gasteiger partial charge in [0.15, 0.2) is 6.19 Å². The van der Waals surface area contributed by atoms with Crippen LogP contribution in [-0.2, 0) is 0 Å². The molecule has 19 heavy (non-hydrogen) atoms. The summed E-state index contributed by atoms with van der Waals surface area (Å²) in [5.74, 6) is 0.625. The van der Waals surface area contributed by atoms with Crippen molar-refractivity contribution in [2.45, 2.75) is 0 Å². The number of hydrogen-bond donors (Lipinski definition) is 0. The average molecular weight is 246 g/mol. The summed E-state index contributed by atoms with van der Waals surface area (Å²) in [6, 6.07) is 11.4. The van der Waals surface area contributed by atoms with Gasteiger partial charge in [-0.05, 0) is 35.9 Å². The van der Waals surface area contributed by atoms with Crippen LogP contribution in [0.4, 0.5) is 0 Å². The third kappa shape index (κ3) is 2.09. The van der Waals surface area contributed by atoms with Gasteiger partial charge in [0.05, 0.1) is 11.0 Å². The van der Waals surface area contributed by atoms with Gasteiger partial charge in [-0.25, -0.2) is 9.55 Å². The summed E-state index contributed by atoms with van der Waals surface area (Å²) in [5, 5.41) is 9.23. The zero-order chi connectivity index (χ0) is 13.1. The lowest BCUT2D eigenvalue weighted by Crippen LogP contribution is -1.90. The van der Waals surface area contributed by atoms with Crippen LogP contribution in [0.3, 0.4) is 0 Å². The maximum absolute atomic E-state index is 9.23. The van der Waals surface area contributed by atoms with E-state index in [1.165, 1.54) is 4.57 Å². The van der Waals surface area contributed by atoms with Crippen LogP contribution in [0, 0.1) is 11.5 Å². The third-order valence-electron chi connectivity index (χ3n) is 2.82. The van der Waals surface area contributed by atoms with Gasteiger partial charge in [0.1, 0.15) is 5.82 Å². The Hall–Kier alpha value is -2.93. The van der Waals surface area contributed by atoms with Crippen molar-refractivity contribution in [1.29, 1.82) is 5.26 Å². The predicted molar refractivity (Wildman–Crippen MR) is 73.9 cm³/mol. The van der Waals surface area contributed by atoms with Crippen molar-refractivity contribution >= 4 is 23.2 Å². The van der Waals surface area contributed by atoms with Crippen molar-refractivity contribution < 1.29 is 0 Å². The van der Waals surface area contributed by atoms with E-state index < -0.39 is 0 Å². The highest BCUT2D eigenvalue weighted by atomic mass is 15.1. The Morgan fingerprint density at radius 2 is 1.84 bits per heavy atom. The molecule has 0 aliphatic rings. The second-order valence-corrected chi connectivity index (χ2v) is 4.01. The van der Waals surface area contributed by atoms with Gasteiger partial charge in [-0.1, -0.05) is 18.2 Å². The molecule has 4 nitrogen and oxygen atoms in total. The number of nitriles is 1. The highest BCUT2D eigenvalue weighted by molar-refractivity contribution is 5.80. The summed E-state index contributed by atoms with van der Waals surface area (Å²) in [7, 11) is 0. The van der Waals surface area contributed by atoms with E-state index in [0.717, 1.165) is 16.6 Å². The lowest BCUT2D eigenvalue weighted by atomic mass is 10.2. The first-order valence-corrected chi connectivity index (χ1v) is 5.84. The first kappa shape index (κ1) is 11.2. The number of benzene rings is 1. The normalized spacial score (nSPS) is 10.9. The Bertz CT molecular complexity index is 779. The molecule has 0 saturated carbocycles. The SMILES string of the molecule is N#Cn1c(/C=C/c2ccncc2)nc2ccccc21. The van der Waals surface area contributed by atoms with E-state index in [2.05, 4.69) is 16.2 Å². The van der Waals surface area contributed by atoms with Gasteiger partial charge in [0.25, 0.3) is 0 Å². The van der Waals surface area contributed by atoms with E-state index >= 15 is 0 Å². The highest BCUT2D eigenvalue weighted by Crippen LogP contribution is 2.16. The molecule has 0 saturated heterocycles. The van der Waals surface area contributed by atoms with Gasteiger partial charge in [-0.3, -0.25) is 4.98 Å². The molecule has 0 N–H and O–H groups in total. The Morgan fingerprint density at radius 3 is 2.63 bits per heavy atom. The number of hydrogen-bond acceptors (Lipinski definition) is 3. The zero-order valence-corrected chi connectivity index (χ0v) is 10.1. The molecular weight excluding hydrogens is 236 g/mol. The van der Waals surface area contributed by atoms with Crippen molar-refractivity contribution in [3.63, 3.8) is 0 Å². The van der Waals surface area contributed by atoms with Gasteiger partial charge in [-0.2, -0.15) is 5.26 Å². The van der Waals surface area contributed by atoms with Crippen LogP contribution in [0.1, 0.15) is 11.4 Å². The van der Waals surface area contributed by atoms with E-state index in [9.17, 15) is 5.26 Å². The van der Waals surface area contributed by atoms with Crippen molar-refractivity contribution in [2.24, 2.45) is 0 Å². The summed E-state index contributed by atoms with van der Waals surface area (Å²) >= 11 is 0. The second-order valence-electron chi connectivity index (χ2n) is 4.01. The Labute approximate surface area is 110 Å². The summed E-state index contributed by atoms with van der Waals surface area (Å²) in [6.45, 7) is 0. The van der Waals surface area contributed by atoms with Gasteiger partial charge < -0.3 is 0 Å². The third-order valence-corrected chi connectivity index (χ3v) is 2.82. The van der Waals surface area contributed by atoms with Crippen LogP contribution in [0.15, 0.2) is 48.8 Å². The number of rotatable bonds is 2. The predicted octanol–water partition coefficient (Wildman–Crippen LogP) is 2.93. The quantitative estimate of drug-likeness (QED) is 0.698. The number of imidazole rings is 1. The molecule has 0 atom stereocenters. The largest absolute Gasteiger partial charge is 0.265 e. The van der Waals surface area contributed by atoms with Crippen LogP contribution >= 0.6 is 0 Å². The maximum atomic E-state index is 9.23. The molecule has 0 radical (unpaired) electrons. The fraction of sp³-hybridized carbons (Fsp3) is 0. The molecule has 0 amide bonds. The minimum absolute atomic E-state index is 0.625. The Morgan fingerprint density at radius 1 is 1.05 bits per heavy atom. The summed E-state index contributed by atoms with van der Waals surface area (Å²) in [4.78, 5) is 8.40. The molecule has 1 aromatic carbocycles. The standard InChI is InChI=1S/C15H10N4/c16-11-19-14-4-2-1-3-13(14)18-15(19)6-5-12-7-9-17-10-8-12/h1-10H/b6-5+. The van der Waals surface area contributed by atoms with Crippen molar-refractivity contribution in [1.82, 2.24) is 14.5 Å². The molecule has 90 valence electrons. The summed E-state index contributed by atoms with van der Waals surface area (Å²) in [5.41, 5.74) is 2.66. The van der Waals surface area contributed by atoms with Gasteiger partial charge >= 0.3 is 0 Å². The average Bonchev–Trinajstić information content (AvgIpc) is 2.83. The molecule has 0 fully saturated rings. The molecule has 0 bridgehead atoms. The molecule has 0 aliphatic heterocycles. The fourth-order valence-corrected chi connectivity index (χ4v) is 1.91. The van der Waals surface area contributed by atoms with Gasteiger partial charge in [0.2, 0.25) is 0 Å². The van der Waals surface area contributed by atoms with Crippen LogP contribution in [0.2, 0.25) is 0 Å². The minimum Gasteiger partial charge on any atom is -0.265 e. The molecule has 0 unspecified atom stereocenters. The van der Waals surface area contributed by atoms with E-state index in [4.69, 9.17) is 0 Å². The van der Waals surface area contributed by atoms with Gasteiger partial charge in [-0.15, -0.1) is 0 Å². The monoisotopic (exact) mass is 246 g/mol. The molecular formula is C15H10N4. The molecule has 3 rings (SSSR count). The van der Waals surface area contributed by atoms with Crippen LogP contribution in [-0.4, -0.2) is 14.5 Å². The second kappa shape index (κ2) is 4.75. The Balaban J connectivity index is 2.06. The molecule has 0 aliphatic carbocycles. The summed E-state index contributed by atoms with van der Waals surface area (Å²) in [6.07, 6.45) is 9.35. The Kier molecular flexibility index (Phi) is 2.79.